The van der Waals surface area contributed by atoms with Crippen LogP contribution in [0.2, 0.25) is 0 Å². The van der Waals surface area contributed by atoms with E-state index in [-0.39, 0.29) is 23.9 Å². The van der Waals surface area contributed by atoms with Gasteiger partial charge < -0.3 is 10.1 Å². The van der Waals surface area contributed by atoms with Gasteiger partial charge in [0.25, 0.3) is 0 Å². The Kier molecular flexibility index (Phi) is 6.57. The number of nitrogens with one attached hydrogen (secondary N) is 1. The Morgan fingerprint density at radius 2 is 1.93 bits per heavy atom. The minimum absolute atomic E-state index is 0.111. The quantitative estimate of drug-likeness (QED) is 0.458. The molecule has 148 valence electrons. The van der Waals surface area contributed by atoms with Crippen molar-refractivity contribution in [3.8, 4) is 17.0 Å². The number of methoxy groups -OCH3 is 1. The van der Waals surface area contributed by atoms with Gasteiger partial charge >= 0.3 is 0 Å². The van der Waals surface area contributed by atoms with Gasteiger partial charge in [0.05, 0.1) is 18.5 Å². The number of amides is 1. The van der Waals surface area contributed by atoms with Crippen LogP contribution in [0.5, 0.6) is 5.75 Å². The molecule has 0 saturated heterocycles. The fourth-order valence-corrected chi connectivity index (χ4v) is 2.87. The summed E-state index contributed by atoms with van der Waals surface area (Å²) in [6.07, 6.45) is 1.67. The Bertz CT molecular complexity index is 1040. The van der Waals surface area contributed by atoms with Crippen LogP contribution in [-0.4, -0.2) is 29.7 Å². The van der Waals surface area contributed by atoms with Gasteiger partial charge in [-0.15, -0.1) is 11.6 Å². The number of carbonyl (C=O) groups is 2. The predicted molar refractivity (Wildman–Crippen MR) is 110 cm³/mol. The topological polar surface area (TPSA) is 68.3 Å². The Morgan fingerprint density at radius 3 is 2.59 bits per heavy atom. The van der Waals surface area contributed by atoms with Crippen molar-refractivity contribution in [2.45, 2.75) is 6.42 Å². The zero-order valence-electron chi connectivity index (χ0n) is 15.6. The van der Waals surface area contributed by atoms with E-state index in [1.165, 1.54) is 13.2 Å². The van der Waals surface area contributed by atoms with Gasteiger partial charge in [0.15, 0.2) is 5.78 Å². The summed E-state index contributed by atoms with van der Waals surface area (Å²) in [4.78, 5) is 28.5. The van der Waals surface area contributed by atoms with E-state index < -0.39 is 5.91 Å². The number of ketones is 1. The highest BCUT2D eigenvalue weighted by atomic mass is 35.5. The van der Waals surface area contributed by atoms with Crippen LogP contribution >= 0.6 is 11.6 Å². The minimum Gasteiger partial charge on any atom is -0.495 e. The number of hydrogen-bond donors (Lipinski definition) is 1. The number of halogens is 2. The molecule has 0 aliphatic rings. The highest BCUT2D eigenvalue weighted by Crippen LogP contribution is 2.26. The number of alkyl halides is 1. The Labute approximate surface area is 172 Å². The molecule has 0 fully saturated rings. The van der Waals surface area contributed by atoms with Crippen molar-refractivity contribution in [3.05, 3.63) is 77.7 Å². The summed E-state index contributed by atoms with van der Waals surface area (Å²) in [5.41, 5.74) is 2.37. The average molecular weight is 413 g/mol. The van der Waals surface area contributed by atoms with Crippen LogP contribution in [0.1, 0.15) is 15.9 Å². The zero-order chi connectivity index (χ0) is 20.8. The molecule has 0 bridgehead atoms. The summed E-state index contributed by atoms with van der Waals surface area (Å²) in [5.74, 6) is -0.692. The number of nitrogens with zero attached hydrogens (tertiary/aromatic N) is 1. The lowest BCUT2D eigenvalue weighted by molar-refractivity contribution is -0.113. The molecule has 0 saturated carbocycles. The zero-order valence-corrected chi connectivity index (χ0v) is 16.4. The van der Waals surface area contributed by atoms with Crippen molar-refractivity contribution in [2.75, 3.05) is 18.3 Å². The van der Waals surface area contributed by atoms with Crippen LogP contribution in [0.3, 0.4) is 0 Å². The first-order valence-electron chi connectivity index (χ1n) is 8.78. The van der Waals surface area contributed by atoms with E-state index in [9.17, 15) is 14.0 Å². The molecule has 0 aliphatic heterocycles. The molecule has 1 amide bonds. The molecule has 2 aromatic carbocycles. The number of Topliss-reactive ketones (excluding diaryl/α,β-unsaturated/α-hetero) is 1. The van der Waals surface area contributed by atoms with Crippen molar-refractivity contribution in [3.63, 3.8) is 0 Å². The van der Waals surface area contributed by atoms with Crippen LogP contribution in [0, 0.1) is 5.82 Å². The van der Waals surface area contributed by atoms with Crippen LogP contribution in [0.25, 0.3) is 11.3 Å². The van der Waals surface area contributed by atoms with Gasteiger partial charge in [0.2, 0.25) is 5.91 Å². The lowest BCUT2D eigenvalue weighted by atomic mass is 10.0. The van der Waals surface area contributed by atoms with E-state index in [1.54, 1.807) is 54.7 Å². The van der Waals surface area contributed by atoms with E-state index in [1.807, 2.05) is 0 Å². The molecule has 1 heterocycles. The first kappa shape index (κ1) is 20.5. The number of anilines is 1. The molecular formula is C22H18ClFN2O3. The van der Waals surface area contributed by atoms with Crippen LogP contribution in [0.15, 0.2) is 60.8 Å². The largest absolute Gasteiger partial charge is 0.495 e. The molecule has 0 aliphatic carbocycles. The number of carbonyl (C=O) groups excluding carboxylic acids is 2. The molecular weight excluding hydrogens is 395 g/mol. The average Bonchev–Trinajstić information content (AvgIpc) is 2.74. The number of pyridine rings is 1. The summed E-state index contributed by atoms with van der Waals surface area (Å²) in [7, 11) is 1.47. The summed E-state index contributed by atoms with van der Waals surface area (Å²) in [6, 6.07) is 14.6. The number of rotatable bonds is 7. The lowest BCUT2D eigenvalue weighted by Gasteiger charge is -2.11. The van der Waals surface area contributed by atoms with Crippen molar-refractivity contribution in [1.82, 2.24) is 4.98 Å². The summed E-state index contributed by atoms with van der Waals surface area (Å²) in [5, 5.41) is 2.61. The molecule has 7 heteroatoms. The molecule has 29 heavy (non-hydrogen) atoms. The molecule has 3 aromatic rings. The molecule has 3 rings (SSSR count). The van der Waals surface area contributed by atoms with Gasteiger partial charge in [0.1, 0.15) is 17.4 Å². The highest BCUT2D eigenvalue weighted by Gasteiger charge is 2.13. The molecule has 1 N–H and O–H groups in total. The molecule has 5 nitrogen and oxygen atoms in total. The van der Waals surface area contributed by atoms with Gasteiger partial charge in [-0.05, 0) is 42.0 Å². The second kappa shape index (κ2) is 9.30. The molecule has 0 unspecified atom stereocenters. The highest BCUT2D eigenvalue weighted by molar-refractivity contribution is 6.29. The van der Waals surface area contributed by atoms with Crippen molar-refractivity contribution >= 4 is 29.0 Å². The maximum absolute atomic E-state index is 13.9. The summed E-state index contributed by atoms with van der Waals surface area (Å²) >= 11 is 5.52. The van der Waals surface area contributed by atoms with Crippen molar-refractivity contribution in [1.29, 1.82) is 0 Å². The van der Waals surface area contributed by atoms with E-state index in [4.69, 9.17) is 16.3 Å². The SMILES string of the molecule is COc1ccc(C(=O)Cc2ccc(-c3ccccc3F)nc2)cc1NC(=O)CCl. The van der Waals surface area contributed by atoms with Gasteiger partial charge in [-0.25, -0.2) is 4.39 Å². The van der Waals surface area contributed by atoms with Gasteiger partial charge in [-0.3, -0.25) is 14.6 Å². The number of hydrogen-bond acceptors (Lipinski definition) is 4. The van der Waals surface area contributed by atoms with Crippen molar-refractivity contribution < 1.29 is 18.7 Å². The second-order valence-corrected chi connectivity index (χ2v) is 6.50. The van der Waals surface area contributed by atoms with Crippen LogP contribution in [-0.2, 0) is 11.2 Å². The van der Waals surface area contributed by atoms with Gasteiger partial charge in [-0.2, -0.15) is 0 Å². The smallest absolute Gasteiger partial charge is 0.239 e. The second-order valence-electron chi connectivity index (χ2n) is 6.23. The monoisotopic (exact) mass is 412 g/mol. The van der Waals surface area contributed by atoms with Crippen molar-refractivity contribution in [2.24, 2.45) is 0 Å². The van der Waals surface area contributed by atoms with E-state index in [2.05, 4.69) is 10.3 Å². The Hall–Kier alpha value is -3.25. The van der Waals surface area contributed by atoms with Gasteiger partial charge in [-0.1, -0.05) is 18.2 Å². The normalized spacial score (nSPS) is 10.4. The van der Waals surface area contributed by atoms with E-state index in [0.717, 1.165) is 0 Å². The van der Waals surface area contributed by atoms with Crippen LogP contribution < -0.4 is 10.1 Å². The van der Waals surface area contributed by atoms with Gasteiger partial charge in [0, 0.05) is 23.7 Å². The van der Waals surface area contributed by atoms with E-state index >= 15 is 0 Å². The molecule has 0 radical (unpaired) electrons. The maximum Gasteiger partial charge on any atom is 0.239 e. The Balaban J connectivity index is 1.77. The number of ether oxygens (including phenoxy) is 1. The third kappa shape index (κ3) is 4.97. The first-order valence-corrected chi connectivity index (χ1v) is 9.32. The Morgan fingerprint density at radius 1 is 1.14 bits per heavy atom. The standard InChI is InChI=1S/C22H18ClFN2O3/c1-29-21-9-7-15(11-19(21)26-22(28)12-23)20(27)10-14-6-8-18(25-13-14)16-4-2-3-5-17(16)24/h2-9,11,13H,10,12H2,1H3,(H,26,28). The predicted octanol–water partition coefficient (Wildman–Crippen LogP) is 4.50. The lowest BCUT2D eigenvalue weighted by Crippen LogP contribution is -2.14. The first-order chi connectivity index (χ1) is 14.0. The minimum atomic E-state index is -0.400. The third-order valence-electron chi connectivity index (χ3n) is 4.26. The van der Waals surface area contributed by atoms with Crippen LogP contribution in [0.4, 0.5) is 10.1 Å². The fourth-order valence-electron chi connectivity index (χ4n) is 2.81. The van der Waals surface area contributed by atoms with E-state index in [0.29, 0.717) is 33.8 Å². The summed E-state index contributed by atoms with van der Waals surface area (Å²) < 4.78 is 19.1. The fraction of sp³-hybridized carbons (Fsp3) is 0.136. The molecule has 0 atom stereocenters. The maximum atomic E-state index is 13.9. The number of aromatic nitrogens is 1. The molecule has 1 aromatic heterocycles. The number of benzene rings is 2. The molecule has 0 spiro atoms. The summed E-state index contributed by atoms with van der Waals surface area (Å²) in [6.45, 7) is 0. The third-order valence-corrected chi connectivity index (χ3v) is 4.50.